The molecule has 0 bridgehead atoms. The number of carbonyl (C=O) groups is 2. The first kappa shape index (κ1) is 21.3. The maximum atomic E-state index is 13.2. The molecule has 0 unspecified atom stereocenters. The Morgan fingerprint density at radius 3 is 2.26 bits per heavy atom. The zero-order valence-electron chi connectivity index (χ0n) is 18.5. The Balaban J connectivity index is 1.49. The quantitative estimate of drug-likeness (QED) is 0.300. The molecule has 0 saturated carbocycles. The third kappa shape index (κ3) is 4.11. The number of hydrogen-bond acceptors (Lipinski definition) is 5. The largest absolute Gasteiger partial charge is 0.465 e. The summed E-state index contributed by atoms with van der Waals surface area (Å²) in [6.45, 7) is 0.0839. The minimum Gasteiger partial charge on any atom is -0.465 e. The van der Waals surface area contributed by atoms with Crippen molar-refractivity contribution in [2.45, 2.75) is 6.61 Å². The smallest absolute Gasteiger partial charge is 0.339 e. The number of aromatic nitrogens is 1. The molecule has 34 heavy (non-hydrogen) atoms. The lowest BCUT2D eigenvalue weighted by molar-refractivity contribution is 0.0473. The lowest BCUT2D eigenvalue weighted by Gasteiger charge is -2.12. The molecule has 0 radical (unpaired) electrons. The summed E-state index contributed by atoms with van der Waals surface area (Å²) in [7, 11) is 1.34. The van der Waals surface area contributed by atoms with Crippen molar-refractivity contribution >= 4 is 33.6 Å². The molecule has 0 aliphatic rings. The Kier molecular flexibility index (Phi) is 5.75. The molecule has 0 saturated heterocycles. The van der Waals surface area contributed by atoms with Gasteiger partial charge in [-0.25, -0.2) is 14.6 Å². The highest BCUT2D eigenvalue weighted by Gasteiger charge is 2.16. The molecular formula is C29H21NO4. The van der Waals surface area contributed by atoms with Gasteiger partial charge in [0, 0.05) is 10.9 Å². The summed E-state index contributed by atoms with van der Waals surface area (Å²) in [5.41, 5.74) is 4.06. The summed E-state index contributed by atoms with van der Waals surface area (Å²) in [6.07, 6.45) is 0. The summed E-state index contributed by atoms with van der Waals surface area (Å²) < 4.78 is 10.4. The molecule has 0 fully saturated rings. The molecule has 5 aromatic rings. The number of pyridine rings is 1. The maximum Gasteiger partial charge on any atom is 0.339 e. The van der Waals surface area contributed by atoms with Crippen molar-refractivity contribution in [3.05, 3.63) is 114 Å². The second-order valence-corrected chi connectivity index (χ2v) is 7.86. The van der Waals surface area contributed by atoms with Gasteiger partial charge in [-0.15, -0.1) is 0 Å². The average Bonchev–Trinajstić information content (AvgIpc) is 2.90. The number of methoxy groups -OCH3 is 1. The van der Waals surface area contributed by atoms with E-state index in [9.17, 15) is 9.59 Å². The van der Waals surface area contributed by atoms with Crippen LogP contribution in [-0.2, 0) is 16.1 Å². The summed E-state index contributed by atoms with van der Waals surface area (Å²) >= 11 is 0. The Morgan fingerprint density at radius 2 is 1.47 bits per heavy atom. The molecule has 1 aromatic heterocycles. The van der Waals surface area contributed by atoms with E-state index in [0.29, 0.717) is 16.8 Å². The highest BCUT2D eigenvalue weighted by atomic mass is 16.5. The van der Waals surface area contributed by atoms with E-state index in [1.54, 1.807) is 30.3 Å². The molecule has 0 atom stereocenters. The highest BCUT2D eigenvalue weighted by Crippen LogP contribution is 2.30. The average molecular weight is 447 g/mol. The van der Waals surface area contributed by atoms with Crippen molar-refractivity contribution in [2.24, 2.45) is 0 Å². The first-order valence-corrected chi connectivity index (χ1v) is 10.9. The van der Waals surface area contributed by atoms with E-state index in [1.807, 2.05) is 48.5 Å². The van der Waals surface area contributed by atoms with Gasteiger partial charge < -0.3 is 9.47 Å². The number of rotatable bonds is 5. The number of hydrogen-bond donors (Lipinski definition) is 0. The van der Waals surface area contributed by atoms with Crippen LogP contribution in [-0.4, -0.2) is 24.0 Å². The fourth-order valence-electron chi connectivity index (χ4n) is 4.01. The van der Waals surface area contributed by atoms with Crippen LogP contribution in [0.25, 0.3) is 32.9 Å². The number of benzene rings is 4. The number of nitrogens with zero attached hydrogens (tertiary/aromatic N) is 1. The van der Waals surface area contributed by atoms with Crippen LogP contribution in [0.3, 0.4) is 0 Å². The molecule has 5 rings (SSSR count). The molecule has 5 heteroatoms. The van der Waals surface area contributed by atoms with Gasteiger partial charge in [-0.05, 0) is 40.6 Å². The number of para-hydroxylation sites is 1. The molecule has 1 heterocycles. The van der Waals surface area contributed by atoms with Crippen molar-refractivity contribution in [2.75, 3.05) is 7.11 Å². The van der Waals surface area contributed by atoms with Crippen LogP contribution in [0, 0.1) is 0 Å². The van der Waals surface area contributed by atoms with E-state index in [4.69, 9.17) is 14.5 Å². The number of ether oxygens (including phenoxy) is 2. The van der Waals surface area contributed by atoms with Gasteiger partial charge in [0.1, 0.15) is 6.61 Å². The first-order valence-electron chi connectivity index (χ1n) is 10.9. The third-order valence-corrected chi connectivity index (χ3v) is 5.75. The normalized spacial score (nSPS) is 10.9. The fourth-order valence-corrected chi connectivity index (χ4v) is 4.01. The summed E-state index contributed by atoms with van der Waals surface area (Å²) in [6, 6.07) is 30.3. The minimum atomic E-state index is -0.433. The highest BCUT2D eigenvalue weighted by molar-refractivity contribution is 6.06. The molecule has 0 N–H and O–H groups in total. The Labute approximate surface area is 196 Å². The SMILES string of the molecule is COC(=O)c1ccc(COC(=O)c2cc(-c3cccc4ccccc34)nc3ccccc23)cc1. The van der Waals surface area contributed by atoms with E-state index in [2.05, 4.69) is 18.2 Å². The van der Waals surface area contributed by atoms with Crippen LogP contribution < -0.4 is 0 Å². The van der Waals surface area contributed by atoms with Gasteiger partial charge in [0.15, 0.2) is 0 Å². The predicted octanol–water partition coefficient (Wildman–Crippen LogP) is 6.20. The summed E-state index contributed by atoms with van der Waals surface area (Å²) in [5.74, 6) is -0.843. The molecule has 166 valence electrons. The van der Waals surface area contributed by atoms with Crippen LogP contribution in [0.2, 0.25) is 0 Å². The molecule has 0 aliphatic carbocycles. The monoisotopic (exact) mass is 447 g/mol. The Bertz CT molecular complexity index is 1520. The van der Waals surface area contributed by atoms with Gasteiger partial charge in [0.05, 0.1) is 29.4 Å². The molecular weight excluding hydrogens is 426 g/mol. The van der Waals surface area contributed by atoms with Gasteiger partial charge in [-0.1, -0.05) is 72.8 Å². The molecule has 4 aromatic carbocycles. The zero-order valence-corrected chi connectivity index (χ0v) is 18.5. The fraction of sp³-hybridized carbons (Fsp3) is 0.0690. The van der Waals surface area contributed by atoms with Crippen LogP contribution in [0.1, 0.15) is 26.3 Å². The second-order valence-electron chi connectivity index (χ2n) is 7.86. The molecule has 5 nitrogen and oxygen atoms in total. The Hall–Kier alpha value is -4.51. The van der Waals surface area contributed by atoms with Crippen molar-refractivity contribution in [3.63, 3.8) is 0 Å². The molecule has 0 amide bonds. The predicted molar refractivity (Wildman–Crippen MR) is 132 cm³/mol. The van der Waals surface area contributed by atoms with Crippen molar-refractivity contribution < 1.29 is 19.1 Å². The Morgan fingerprint density at radius 1 is 0.765 bits per heavy atom. The van der Waals surface area contributed by atoms with E-state index in [1.165, 1.54) is 7.11 Å². The summed E-state index contributed by atoms with van der Waals surface area (Å²) in [5, 5.41) is 2.91. The van der Waals surface area contributed by atoms with E-state index >= 15 is 0 Å². The van der Waals surface area contributed by atoms with E-state index < -0.39 is 11.9 Å². The number of fused-ring (bicyclic) bond motifs is 2. The molecule has 0 spiro atoms. The first-order chi connectivity index (χ1) is 16.6. The van der Waals surface area contributed by atoms with Crippen LogP contribution in [0.15, 0.2) is 97.1 Å². The van der Waals surface area contributed by atoms with Gasteiger partial charge in [-0.2, -0.15) is 0 Å². The maximum absolute atomic E-state index is 13.2. The number of carbonyl (C=O) groups excluding carboxylic acids is 2. The lowest BCUT2D eigenvalue weighted by atomic mass is 9.99. The third-order valence-electron chi connectivity index (χ3n) is 5.75. The number of esters is 2. The second kappa shape index (κ2) is 9.16. The summed E-state index contributed by atoms with van der Waals surface area (Å²) in [4.78, 5) is 29.6. The lowest BCUT2D eigenvalue weighted by Crippen LogP contribution is -2.07. The van der Waals surface area contributed by atoms with Crippen LogP contribution >= 0.6 is 0 Å². The zero-order chi connectivity index (χ0) is 23.5. The van der Waals surface area contributed by atoms with Crippen LogP contribution in [0.5, 0.6) is 0 Å². The van der Waals surface area contributed by atoms with Gasteiger partial charge in [0.25, 0.3) is 0 Å². The minimum absolute atomic E-state index is 0.0839. The van der Waals surface area contributed by atoms with Crippen LogP contribution in [0.4, 0.5) is 0 Å². The van der Waals surface area contributed by atoms with Gasteiger partial charge in [-0.3, -0.25) is 0 Å². The molecule has 0 aliphatic heterocycles. The van der Waals surface area contributed by atoms with Crippen molar-refractivity contribution in [3.8, 4) is 11.3 Å². The van der Waals surface area contributed by atoms with E-state index in [-0.39, 0.29) is 6.61 Å². The standard InChI is InChI=1S/C29H21NO4/c1-33-28(31)21-15-13-19(14-16-21)18-34-29(32)25-17-27(30-26-12-5-4-10-24(25)26)23-11-6-8-20-7-2-3-9-22(20)23/h2-17H,18H2,1H3. The van der Waals surface area contributed by atoms with Gasteiger partial charge >= 0.3 is 11.9 Å². The van der Waals surface area contributed by atoms with Crippen molar-refractivity contribution in [1.29, 1.82) is 0 Å². The van der Waals surface area contributed by atoms with E-state index in [0.717, 1.165) is 32.8 Å². The van der Waals surface area contributed by atoms with Crippen molar-refractivity contribution in [1.82, 2.24) is 4.98 Å². The van der Waals surface area contributed by atoms with Gasteiger partial charge in [0.2, 0.25) is 0 Å². The topological polar surface area (TPSA) is 65.5 Å².